The number of aryl methyl sites for hydroxylation is 1. The number of hydrogen-bond acceptors (Lipinski definition) is 3. The van der Waals surface area contributed by atoms with Crippen molar-refractivity contribution in [2.45, 2.75) is 89.6 Å². The van der Waals surface area contributed by atoms with Crippen molar-refractivity contribution in [1.29, 1.82) is 0 Å². The fourth-order valence-electron chi connectivity index (χ4n) is 4.64. The summed E-state index contributed by atoms with van der Waals surface area (Å²) < 4.78 is 12.2. The summed E-state index contributed by atoms with van der Waals surface area (Å²) in [7, 11) is -0.238. The molecule has 0 spiro atoms. The number of benzene rings is 1. The smallest absolute Gasteiger partial charge is 0.192 e. The van der Waals surface area contributed by atoms with E-state index in [1.54, 1.807) is 7.11 Å². The molecule has 4 heteroatoms. The number of hydrogen-bond donors (Lipinski definition) is 1. The molecule has 27 heavy (non-hydrogen) atoms. The predicted molar refractivity (Wildman–Crippen MR) is 114 cm³/mol. The molecule has 0 aromatic heterocycles. The molecule has 3 nitrogen and oxygen atoms in total. The van der Waals surface area contributed by atoms with Crippen LogP contribution in [0.1, 0.15) is 58.6 Å². The Labute approximate surface area is 165 Å². The van der Waals surface area contributed by atoms with Gasteiger partial charge in [-0.1, -0.05) is 39.3 Å². The first-order chi connectivity index (χ1) is 12.4. The third kappa shape index (κ3) is 3.41. The quantitative estimate of drug-likeness (QED) is 0.559. The summed E-state index contributed by atoms with van der Waals surface area (Å²) in [6, 6.07) is 6.47. The highest BCUT2D eigenvalue weighted by atomic mass is 28.4. The average molecular weight is 389 g/mol. The van der Waals surface area contributed by atoms with E-state index in [1.807, 2.05) is 0 Å². The Kier molecular flexibility index (Phi) is 5.16. The average Bonchev–Trinajstić information content (AvgIpc) is 2.57. The molecule has 150 valence electrons. The third-order valence-electron chi connectivity index (χ3n) is 7.35. The van der Waals surface area contributed by atoms with Crippen LogP contribution in [-0.4, -0.2) is 32.7 Å². The lowest BCUT2D eigenvalue weighted by molar-refractivity contribution is 0.0213. The van der Waals surface area contributed by atoms with E-state index in [4.69, 9.17) is 9.16 Å². The highest BCUT2D eigenvalue weighted by molar-refractivity contribution is 6.74. The number of rotatable bonds is 3. The highest BCUT2D eigenvalue weighted by Gasteiger charge is 2.48. The van der Waals surface area contributed by atoms with Crippen molar-refractivity contribution in [1.82, 2.24) is 0 Å². The number of ether oxygens (including phenoxy) is 1. The van der Waals surface area contributed by atoms with E-state index >= 15 is 0 Å². The number of aliphatic hydroxyl groups is 1. The summed E-state index contributed by atoms with van der Waals surface area (Å²) in [6.45, 7) is 15.8. The molecule has 0 amide bonds. The number of allylic oxidation sites excluding steroid dienone is 1. The zero-order chi connectivity index (χ0) is 20.2. The van der Waals surface area contributed by atoms with Crippen LogP contribution >= 0.6 is 0 Å². The van der Waals surface area contributed by atoms with E-state index in [1.165, 1.54) is 16.7 Å². The molecule has 1 aromatic carbocycles. The van der Waals surface area contributed by atoms with Crippen LogP contribution in [0.5, 0.6) is 5.75 Å². The lowest BCUT2D eigenvalue weighted by Crippen LogP contribution is -2.52. The zero-order valence-corrected chi connectivity index (χ0v) is 19.3. The largest absolute Gasteiger partial charge is 0.497 e. The molecule has 1 aromatic rings. The van der Waals surface area contributed by atoms with E-state index in [0.717, 1.165) is 30.6 Å². The van der Waals surface area contributed by atoms with Crippen molar-refractivity contribution in [3.05, 3.63) is 40.5 Å². The van der Waals surface area contributed by atoms with Crippen LogP contribution in [0.15, 0.2) is 29.3 Å². The fraction of sp³-hybridized carbons (Fsp3) is 0.652. The number of methoxy groups -OCH3 is 1. The van der Waals surface area contributed by atoms with Gasteiger partial charge >= 0.3 is 0 Å². The van der Waals surface area contributed by atoms with Crippen molar-refractivity contribution in [2.75, 3.05) is 7.11 Å². The van der Waals surface area contributed by atoms with Crippen LogP contribution in [0, 0.1) is 0 Å². The second-order valence-corrected chi connectivity index (χ2v) is 14.8. The summed E-state index contributed by atoms with van der Waals surface area (Å²) in [4.78, 5) is 0. The van der Waals surface area contributed by atoms with Gasteiger partial charge in [0.1, 0.15) is 5.75 Å². The highest BCUT2D eigenvalue weighted by Crippen LogP contribution is 2.51. The van der Waals surface area contributed by atoms with Crippen LogP contribution < -0.4 is 4.74 Å². The summed E-state index contributed by atoms with van der Waals surface area (Å²) >= 11 is 0. The SMILES string of the molecule is COc1ccc2c(c1)CCC1=C(C)C(O)C(O[Si](C)(C)C(C)(C)C)C[C@@]12C. The molecule has 2 aliphatic rings. The lowest BCUT2D eigenvalue weighted by Gasteiger charge is -2.50. The van der Waals surface area contributed by atoms with Crippen molar-refractivity contribution in [2.24, 2.45) is 0 Å². The molecule has 0 heterocycles. The molecule has 0 saturated heterocycles. The van der Waals surface area contributed by atoms with Gasteiger partial charge in [0, 0.05) is 5.41 Å². The molecule has 3 rings (SSSR count). The predicted octanol–water partition coefficient (Wildman–Crippen LogP) is 5.37. The van der Waals surface area contributed by atoms with Crippen LogP contribution in [0.4, 0.5) is 0 Å². The Morgan fingerprint density at radius 1 is 1.19 bits per heavy atom. The number of aliphatic hydroxyl groups excluding tert-OH is 1. The maximum atomic E-state index is 11.1. The Morgan fingerprint density at radius 3 is 2.44 bits per heavy atom. The summed E-state index contributed by atoms with van der Waals surface area (Å²) in [5, 5.41) is 11.2. The molecule has 0 aliphatic heterocycles. The summed E-state index contributed by atoms with van der Waals surface area (Å²) in [5.74, 6) is 0.923. The van der Waals surface area contributed by atoms with Crippen molar-refractivity contribution >= 4 is 8.32 Å². The molecule has 0 bridgehead atoms. The molecule has 0 fully saturated rings. The maximum Gasteiger partial charge on any atom is 0.192 e. The van der Waals surface area contributed by atoms with Gasteiger partial charge in [-0.3, -0.25) is 0 Å². The number of fused-ring (bicyclic) bond motifs is 3. The van der Waals surface area contributed by atoms with Gasteiger partial charge in [-0.15, -0.1) is 0 Å². The van der Waals surface area contributed by atoms with Crippen LogP contribution in [-0.2, 0) is 16.3 Å². The van der Waals surface area contributed by atoms with Crippen molar-refractivity contribution in [3.8, 4) is 5.75 Å². The van der Waals surface area contributed by atoms with Gasteiger partial charge < -0.3 is 14.3 Å². The zero-order valence-electron chi connectivity index (χ0n) is 18.3. The minimum atomic E-state index is -1.96. The third-order valence-corrected chi connectivity index (χ3v) is 11.9. The van der Waals surface area contributed by atoms with Crippen LogP contribution in [0.25, 0.3) is 0 Å². The van der Waals surface area contributed by atoms with Gasteiger partial charge in [-0.05, 0) is 73.2 Å². The molecule has 0 saturated carbocycles. The fourth-order valence-corrected chi connectivity index (χ4v) is 5.96. The van der Waals surface area contributed by atoms with Gasteiger partial charge in [0.15, 0.2) is 8.32 Å². The first-order valence-corrected chi connectivity index (χ1v) is 13.0. The van der Waals surface area contributed by atoms with Gasteiger partial charge in [-0.25, -0.2) is 0 Å². The van der Waals surface area contributed by atoms with Crippen LogP contribution in [0.3, 0.4) is 0 Å². The normalized spacial score (nSPS) is 28.6. The Bertz CT molecular complexity index is 759. The van der Waals surface area contributed by atoms with Gasteiger partial charge in [-0.2, -0.15) is 0 Å². The first-order valence-electron chi connectivity index (χ1n) is 10.1. The monoisotopic (exact) mass is 388 g/mol. The Balaban J connectivity index is 2.02. The Hall–Kier alpha value is -1.10. The van der Waals surface area contributed by atoms with E-state index in [2.05, 4.69) is 65.9 Å². The topological polar surface area (TPSA) is 38.7 Å². The molecule has 2 aliphatic carbocycles. The van der Waals surface area contributed by atoms with Crippen molar-refractivity contribution < 1.29 is 14.3 Å². The van der Waals surface area contributed by atoms with Crippen molar-refractivity contribution in [3.63, 3.8) is 0 Å². The summed E-state index contributed by atoms with van der Waals surface area (Å²) in [5.41, 5.74) is 5.20. The lowest BCUT2D eigenvalue weighted by atomic mass is 9.60. The van der Waals surface area contributed by atoms with Gasteiger partial charge in [0.2, 0.25) is 0 Å². The minimum absolute atomic E-state index is 0.0732. The first kappa shape index (κ1) is 20.6. The van der Waals surface area contributed by atoms with Gasteiger partial charge in [0.05, 0.1) is 19.3 Å². The Morgan fingerprint density at radius 2 is 1.85 bits per heavy atom. The molecular weight excluding hydrogens is 352 g/mol. The maximum absolute atomic E-state index is 11.1. The van der Waals surface area contributed by atoms with E-state index in [0.29, 0.717) is 0 Å². The molecule has 3 atom stereocenters. The second kappa shape index (κ2) is 6.75. The minimum Gasteiger partial charge on any atom is -0.497 e. The standard InChI is InChI=1S/C23H36O3Si/c1-15-18-11-9-16-13-17(25-6)10-12-19(16)23(18,5)14-20(21(15)24)26-27(7,8)22(2,3)4/h10,12-13,20-21,24H,9,11,14H2,1-8H3/t20?,21?,23-/m0/s1. The van der Waals surface area contributed by atoms with E-state index in [9.17, 15) is 5.11 Å². The molecular formula is C23H36O3Si. The second-order valence-electron chi connectivity index (χ2n) is 10.1. The van der Waals surface area contributed by atoms with Crippen LogP contribution in [0.2, 0.25) is 18.1 Å². The molecule has 1 N–H and O–H groups in total. The van der Waals surface area contributed by atoms with E-state index in [-0.39, 0.29) is 16.6 Å². The molecule has 2 unspecified atom stereocenters. The van der Waals surface area contributed by atoms with Gasteiger partial charge in [0.25, 0.3) is 0 Å². The summed E-state index contributed by atoms with van der Waals surface area (Å²) in [6.07, 6.45) is 2.21. The van der Waals surface area contributed by atoms with E-state index < -0.39 is 14.4 Å². The molecule has 0 radical (unpaired) electrons.